The summed E-state index contributed by atoms with van der Waals surface area (Å²) in [5.74, 6) is 1.04. The van der Waals surface area contributed by atoms with Crippen molar-refractivity contribution in [1.29, 1.82) is 0 Å². The molecule has 1 saturated heterocycles. The van der Waals surface area contributed by atoms with Crippen LogP contribution in [-0.2, 0) is 4.74 Å². The molecule has 5 fully saturated rings. The van der Waals surface area contributed by atoms with Gasteiger partial charge in [-0.05, 0) is 113 Å². The fourth-order valence-electron chi connectivity index (χ4n) is 11.4. The molecule has 0 aromatic carbocycles. The minimum Gasteiger partial charge on any atom is -0.394 e. The topological polar surface area (TPSA) is 151 Å². The van der Waals surface area contributed by atoms with Gasteiger partial charge in [0.1, 0.15) is 24.4 Å². The molecular formula is C36H64O8. The number of aliphatic hydroxyl groups is 7. The summed E-state index contributed by atoms with van der Waals surface area (Å²) in [5, 5.41) is 70.7. The maximum atomic E-state index is 12.5. The third-order valence-corrected chi connectivity index (χ3v) is 14.3. The van der Waals surface area contributed by atoms with E-state index < -0.39 is 35.6 Å². The van der Waals surface area contributed by atoms with Gasteiger partial charge in [-0.2, -0.15) is 0 Å². The van der Waals surface area contributed by atoms with Crippen LogP contribution >= 0.6 is 0 Å². The van der Waals surface area contributed by atoms with Gasteiger partial charge >= 0.3 is 0 Å². The zero-order valence-electron chi connectivity index (χ0n) is 28.7. The van der Waals surface area contributed by atoms with Crippen molar-refractivity contribution < 1.29 is 40.5 Å². The quantitative estimate of drug-likeness (QED) is 0.226. The van der Waals surface area contributed by atoms with Crippen molar-refractivity contribution >= 4 is 0 Å². The van der Waals surface area contributed by atoms with Crippen molar-refractivity contribution in [3.8, 4) is 0 Å². The summed E-state index contributed by atoms with van der Waals surface area (Å²) in [6.07, 6.45) is 7.36. The molecule has 7 N–H and O–H groups in total. The van der Waals surface area contributed by atoms with Crippen LogP contribution in [0.4, 0.5) is 0 Å². The van der Waals surface area contributed by atoms with Gasteiger partial charge in [0.15, 0.2) is 0 Å². The van der Waals surface area contributed by atoms with E-state index in [-0.39, 0.29) is 46.9 Å². The Kier molecular flexibility index (Phi) is 10.3. The van der Waals surface area contributed by atoms with E-state index in [1.807, 2.05) is 6.92 Å². The summed E-state index contributed by atoms with van der Waals surface area (Å²) in [4.78, 5) is 0. The molecule has 1 aliphatic heterocycles. The standard InChI is InChI=1S/C30H52O3.C6H12O5/c1-20(2)10-9-15-28(7,32)23-12-18-29(8)27(6)17-11-21-25(3,4)24(31)14-16-26(21,5)22(27)13-19-30(23,29)33;7-1-4-6(10)5(9)3(8)2-11-4/h10,21-24,31-33H,9,11-19H2,1-8H3;3-10H,1-2H2/t21-,22+,23+,24-,26-,27+,28-,29-,30-;3?,4?,5-,6+/m00/s1. The molecule has 5 rings (SSSR count). The minimum atomic E-state index is -1.22. The van der Waals surface area contributed by atoms with Crippen molar-refractivity contribution in [2.75, 3.05) is 13.2 Å². The van der Waals surface area contributed by atoms with Gasteiger partial charge in [-0.25, -0.2) is 0 Å². The zero-order chi connectivity index (χ0) is 33.1. The first-order valence-electron chi connectivity index (χ1n) is 17.3. The molecule has 4 saturated carbocycles. The Hall–Kier alpha value is -0.580. The zero-order valence-corrected chi connectivity index (χ0v) is 28.7. The Labute approximate surface area is 265 Å². The molecule has 256 valence electrons. The molecule has 13 atom stereocenters. The first-order chi connectivity index (χ1) is 20.2. The Bertz CT molecular complexity index is 1040. The lowest BCUT2D eigenvalue weighted by Crippen LogP contribution is -2.69. The number of rotatable bonds is 5. The highest BCUT2D eigenvalue weighted by molar-refractivity contribution is 5.23. The molecule has 8 heteroatoms. The Balaban J connectivity index is 0.000000339. The van der Waals surface area contributed by atoms with Crippen molar-refractivity contribution in [3.63, 3.8) is 0 Å². The lowest BCUT2D eigenvalue weighted by Gasteiger charge is -2.71. The second-order valence-corrected chi connectivity index (χ2v) is 17.1. The van der Waals surface area contributed by atoms with E-state index in [2.05, 4.69) is 54.5 Å². The average molecular weight is 625 g/mol. The normalized spacial score (nSPS) is 49.3. The smallest absolute Gasteiger partial charge is 0.111 e. The molecule has 0 aromatic rings. The molecule has 0 radical (unpaired) electrons. The minimum absolute atomic E-state index is 0.0458. The summed E-state index contributed by atoms with van der Waals surface area (Å²) in [7, 11) is 0. The largest absolute Gasteiger partial charge is 0.394 e. The second kappa shape index (κ2) is 12.5. The fourth-order valence-corrected chi connectivity index (χ4v) is 11.4. The average Bonchev–Trinajstić information content (AvgIpc) is 3.22. The van der Waals surface area contributed by atoms with E-state index in [9.17, 15) is 15.3 Å². The van der Waals surface area contributed by atoms with Gasteiger partial charge in [-0.15, -0.1) is 0 Å². The Morgan fingerprint density at radius 3 is 2.11 bits per heavy atom. The molecule has 0 bridgehead atoms. The molecule has 0 aromatic heterocycles. The van der Waals surface area contributed by atoms with Gasteiger partial charge in [0, 0.05) is 11.3 Å². The molecule has 2 unspecified atom stereocenters. The van der Waals surface area contributed by atoms with Crippen LogP contribution in [0, 0.1) is 39.4 Å². The molecule has 4 aliphatic carbocycles. The molecule has 1 heterocycles. The number of fused-ring (bicyclic) bond motifs is 5. The van der Waals surface area contributed by atoms with Crippen LogP contribution in [0.2, 0.25) is 0 Å². The highest BCUT2D eigenvalue weighted by atomic mass is 16.5. The van der Waals surface area contributed by atoms with Crippen molar-refractivity contribution in [2.45, 2.75) is 161 Å². The van der Waals surface area contributed by atoms with Gasteiger partial charge in [-0.1, -0.05) is 46.3 Å². The number of ether oxygens (including phenoxy) is 1. The monoisotopic (exact) mass is 624 g/mol. The van der Waals surface area contributed by atoms with Crippen LogP contribution in [-0.4, -0.2) is 90.7 Å². The lowest BCUT2D eigenvalue weighted by atomic mass is 9.34. The van der Waals surface area contributed by atoms with Gasteiger partial charge in [0.25, 0.3) is 0 Å². The number of allylic oxidation sites excluding steroid dienone is 2. The van der Waals surface area contributed by atoms with E-state index in [0.717, 1.165) is 57.8 Å². The lowest BCUT2D eigenvalue weighted by molar-refractivity contribution is -0.271. The van der Waals surface area contributed by atoms with E-state index in [1.165, 1.54) is 5.57 Å². The van der Waals surface area contributed by atoms with Gasteiger partial charge in [0.2, 0.25) is 0 Å². The van der Waals surface area contributed by atoms with Crippen molar-refractivity contribution in [2.24, 2.45) is 39.4 Å². The van der Waals surface area contributed by atoms with E-state index >= 15 is 0 Å². The summed E-state index contributed by atoms with van der Waals surface area (Å²) in [5.41, 5.74) is -0.310. The van der Waals surface area contributed by atoms with Gasteiger partial charge < -0.3 is 40.5 Å². The van der Waals surface area contributed by atoms with E-state index in [1.54, 1.807) is 0 Å². The van der Waals surface area contributed by atoms with Crippen LogP contribution in [0.5, 0.6) is 0 Å². The number of hydrogen-bond donors (Lipinski definition) is 7. The number of aliphatic hydroxyl groups excluding tert-OH is 5. The molecule has 0 spiro atoms. The van der Waals surface area contributed by atoms with E-state index in [4.69, 9.17) is 25.2 Å². The first kappa shape index (κ1) is 36.3. The SMILES string of the molecule is CC(C)=CCC[C@](C)(O)[C@H]1CC[C@@]2(C)[C@]3(C)CC[C@H]4C(C)(C)[C@@H](O)CC[C@]4(C)[C@H]3CC[C@]12O.OCC1OCC(O)[C@H](O)[C@@H]1O. The first-order valence-corrected chi connectivity index (χ1v) is 17.3. The molecule has 8 nitrogen and oxygen atoms in total. The summed E-state index contributed by atoms with van der Waals surface area (Å²) >= 11 is 0. The van der Waals surface area contributed by atoms with Crippen molar-refractivity contribution in [3.05, 3.63) is 11.6 Å². The summed E-state index contributed by atoms with van der Waals surface area (Å²) in [6, 6.07) is 0. The Morgan fingerprint density at radius 1 is 0.864 bits per heavy atom. The highest BCUT2D eigenvalue weighted by Gasteiger charge is 2.74. The fraction of sp³-hybridized carbons (Fsp3) is 0.944. The third-order valence-electron chi connectivity index (χ3n) is 14.3. The van der Waals surface area contributed by atoms with Crippen LogP contribution in [0.1, 0.15) is 120 Å². The molecule has 0 amide bonds. The van der Waals surface area contributed by atoms with E-state index in [0.29, 0.717) is 18.3 Å². The predicted octanol–water partition coefficient (Wildman–Crippen LogP) is 4.10. The highest BCUT2D eigenvalue weighted by Crippen LogP contribution is 2.76. The second-order valence-electron chi connectivity index (χ2n) is 17.1. The van der Waals surface area contributed by atoms with Crippen LogP contribution in [0.15, 0.2) is 11.6 Å². The third kappa shape index (κ3) is 5.65. The predicted molar refractivity (Wildman–Crippen MR) is 171 cm³/mol. The molecule has 5 aliphatic rings. The summed E-state index contributed by atoms with van der Waals surface area (Å²) in [6.45, 7) is 17.8. The number of hydrogen-bond acceptors (Lipinski definition) is 8. The van der Waals surface area contributed by atoms with Gasteiger partial charge in [-0.3, -0.25) is 0 Å². The summed E-state index contributed by atoms with van der Waals surface area (Å²) < 4.78 is 4.81. The van der Waals surface area contributed by atoms with Crippen LogP contribution in [0.25, 0.3) is 0 Å². The van der Waals surface area contributed by atoms with Crippen molar-refractivity contribution in [1.82, 2.24) is 0 Å². The molecular weight excluding hydrogens is 560 g/mol. The van der Waals surface area contributed by atoms with Crippen LogP contribution < -0.4 is 0 Å². The van der Waals surface area contributed by atoms with Gasteiger partial charge in [0.05, 0.1) is 30.5 Å². The Morgan fingerprint density at radius 2 is 1.50 bits per heavy atom. The van der Waals surface area contributed by atoms with Crippen LogP contribution in [0.3, 0.4) is 0 Å². The molecule has 44 heavy (non-hydrogen) atoms. The maximum Gasteiger partial charge on any atom is 0.111 e. The maximum absolute atomic E-state index is 12.5.